The smallest absolute Gasteiger partial charge is 0.318 e. The molecule has 1 saturated heterocycles. The molecule has 23 heavy (non-hydrogen) atoms. The fraction of sp³-hybridized carbons (Fsp3) is 0.529. The molecule has 0 spiro atoms. The zero-order valence-electron chi connectivity index (χ0n) is 13.5. The Labute approximate surface area is 136 Å². The largest absolute Gasteiger partial charge is 0.352 e. The van der Waals surface area contributed by atoms with Crippen LogP contribution in [0.1, 0.15) is 44.2 Å². The van der Waals surface area contributed by atoms with Crippen LogP contribution in [0.3, 0.4) is 0 Å². The van der Waals surface area contributed by atoms with E-state index in [4.69, 9.17) is 0 Å². The summed E-state index contributed by atoms with van der Waals surface area (Å²) in [6, 6.07) is 4.75. The molecule has 0 aromatic heterocycles. The Morgan fingerprint density at radius 3 is 2.74 bits per heavy atom. The summed E-state index contributed by atoms with van der Waals surface area (Å²) in [7, 11) is 0. The number of nitrogens with zero attached hydrogens (tertiary/aromatic N) is 1. The molecule has 6 heteroatoms. The van der Waals surface area contributed by atoms with E-state index in [1.165, 1.54) is 17.0 Å². The minimum Gasteiger partial charge on any atom is -0.352 e. The lowest BCUT2D eigenvalue weighted by Crippen LogP contribution is -2.54. The highest BCUT2D eigenvalue weighted by Gasteiger charge is 2.34. The van der Waals surface area contributed by atoms with Gasteiger partial charge in [0, 0.05) is 19.6 Å². The van der Waals surface area contributed by atoms with Crippen LogP contribution in [0.2, 0.25) is 0 Å². The fourth-order valence-corrected chi connectivity index (χ4v) is 2.71. The second kappa shape index (κ2) is 8.50. The summed E-state index contributed by atoms with van der Waals surface area (Å²) in [5.74, 6) is -0.596. The van der Waals surface area contributed by atoms with Crippen molar-refractivity contribution in [2.24, 2.45) is 0 Å². The molecule has 1 aromatic rings. The first-order valence-corrected chi connectivity index (χ1v) is 8.21. The van der Waals surface area contributed by atoms with Crippen molar-refractivity contribution in [3.05, 3.63) is 35.6 Å². The third kappa shape index (κ3) is 4.68. The summed E-state index contributed by atoms with van der Waals surface area (Å²) >= 11 is 0. The molecule has 1 aromatic carbocycles. The lowest BCUT2D eigenvalue weighted by molar-refractivity contribution is -0.127. The van der Waals surface area contributed by atoms with Crippen molar-refractivity contribution < 1.29 is 14.0 Å². The van der Waals surface area contributed by atoms with Gasteiger partial charge in [-0.15, -0.1) is 0 Å². The quantitative estimate of drug-likeness (QED) is 0.791. The standard InChI is InChI=1S/C17H24FN3O2/c1-2-3-4-5-10-20-17(23)21-12-11-19-16(22)15(21)13-6-8-14(18)9-7-13/h6-9,15H,2-5,10-12H2,1H3,(H,19,22)(H,20,23)/t15-/m1/s1. The van der Waals surface area contributed by atoms with Crippen LogP contribution in [0.25, 0.3) is 0 Å². The molecule has 0 bridgehead atoms. The number of nitrogens with one attached hydrogen (secondary N) is 2. The van der Waals surface area contributed by atoms with Gasteiger partial charge in [-0.3, -0.25) is 4.79 Å². The third-order valence-corrected chi connectivity index (χ3v) is 3.97. The van der Waals surface area contributed by atoms with Crippen LogP contribution < -0.4 is 10.6 Å². The Kier molecular flexibility index (Phi) is 6.38. The van der Waals surface area contributed by atoms with E-state index in [0.29, 0.717) is 25.2 Å². The van der Waals surface area contributed by atoms with Gasteiger partial charge >= 0.3 is 6.03 Å². The second-order valence-electron chi connectivity index (χ2n) is 5.73. The van der Waals surface area contributed by atoms with Gasteiger partial charge < -0.3 is 15.5 Å². The lowest BCUT2D eigenvalue weighted by atomic mass is 10.0. The Bertz CT molecular complexity index is 533. The van der Waals surface area contributed by atoms with E-state index in [1.54, 1.807) is 12.1 Å². The number of carbonyl (C=O) groups is 2. The highest BCUT2D eigenvalue weighted by Crippen LogP contribution is 2.23. The Hall–Kier alpha value is -2.11. The highest BCUT2D eigenvalue weighted by molar-refractivity contribution is 5.89. The third-order valence-electron chi connectivity index (χ3n) is 3.97. The van der Waals surface area contributed by atoms with Gasteiger partial charge in [0.1, 0.15) is 11.9 Å². The minimum atomic E-state index is -0.708. The van der Waals surface area contributed by atoms with E-state index in [-0.39, 0.29) is 17.8 Å². The Morgan fingerprint density at radius 1 is 1.30 bits per heavy atom. The van der Waals surface area contributed by atoms with Gasteiger partial charge in [-0.25, -0.2) is 9.18 Å². The maximum absolute atomic E-state index is 13.1. The molecule has 3 amide bonds. The van der Waals surface area contributed by atoms with Crippen molar-refractivity contribution in [1.82, 2.24) is 15.5 Å². The van der Waals surface area contributed by atoms with Gasteiger partial charge in [-0.1, -0.05) is 38.3 Å². The van der Waals surface area contributed by atoms with Crippen LogP contribution in [-0.4, -0.2) is 36.5 Å². The van der Waals surface area contributed by atoms with Gasteiger partial charge in [0.05, 0.1) is 0 Å². The Morgan fingerprint density at radius 2 is 2.04 bits per heavy atom. The van der Waals surface area contributed by atoms with E-state index in [9.17, 15) is 14.0 Å². The van der Waals surface area contributed by atoms with Crippen molar-refractivity contribution >= 4 is 11.9 Å². The fourth-order valence-electron chi connectivity index (χ4n) is 2.71. The van der Waals surface area contributed by atoms with Crippen molar-refractivity contribution in [3.8, 4) is 0 Å². The predicted molar refractivity (Wildman–Crippen MR) is 86.4 cm³/mol. The number of amides is 3. The van der Waals surface area contributed by atoms with E-state index in [2.05, 4.69) is 17.6 Å². The molecule has 126 valence electrons. The average Bonchev–Trinajstić information content (AvgIpc) is 2.55. The SMILES string of the molecule is CCCCCCNC(=O)N1CCNC(=O)[C@H]1c1ccc(F)cc1. The monoisotopic (exact) mass is 321 g/mol. The summed E-state index contributed by atoms with van der Waals surface area (Å²) < 4.78 is 13.1. The maximum Gasteiger partial charge on any atom is 0.318 e. The molecule has 0 saturated carbocycles. The number of rotatable bonds is 6. The topological polar surface area (TPSA) is 61.4 Å². The number of halogens is 1. The van der Waals surface area contributed by atoms with Crippen molar-refractivity contribution in [3.63, 3.8) is 0 Å². The first kappa shape index (κ1) is 17.2. The summed E-state index contributed by atoms with van der Waals surface area (Å²) in [6.07, 6.45) is 4.31. The molecule has 2 N–H and O–H groups in total. The summed E-state index contributed by atoms with van der Waals surface area (Å²) in [5.41, 5.74) is 0.615. The highest BCUT2D eigenvalue weighted by atomic mass is 19.1. The van der Waals surface area contributed by atoms with Gasteiger partial charge in [-0.2, -0.15) is 0 Å². The molecule has 0 unspecified atom stereocenters. The molecular formula is C17H24FN3O2. The van der Waals surface area contributed by atoms with E-state index < -0.39 is 6.04 Å². The van der Waals surface area contributed by atoms with E-state index >= 15 is 0 Å². The van der Waals surface area contributed by atoms with Crippen molar-refractivity contribution in [2.45, 2.75) is 38.6 Å². The van der Waals surface area contributed by atoms with Gasteiger partial charge in [0.15, 0.2) is 0 Å². The number of hydrogen-bond acceptors (Lipinski definition) is 2. The predicted octanol–water partition coefficient (Wildman–Crippen LogP) is 2.59. The molecule has 1 heterocycles. The first-order chi connectivity index (χ1) is 11.1. The molecule has 2 rings (SSSR count). The molecule has 1 fully saturated rings. The number of benzene rings is 1. The number of urea groups is 1. The molecule has 0 aliphatic carbocycles. The Balaban J connectivity index is 2.00. The van der Waals surface area contributed by atoms with Crippen LogP contribution in [0.5, 0.6) is 0 Å². The zero-order chi connectivity index (χ0) is 16.7. The van der Waals surface area contributed by atoms with Gasteiger partial charge in [-0.05, 0) is 24.1 Å². The minimum absolute atomic E-state index is 0.232. The summed E-state index contributed by atoms with van der Waals surface area (Å²) in [4.78, 5) is 26.1. The summed E-state index contributed by atoms with van der Waals surface area (Å²) in [6.45, 7) is 3.61. The summed E-state index contributed by atoms with van der Waals surface area (Å²) in [5, 5.41) is 5.64. The first-order valence-electron chi connectivity index (χ1n) is 8.21. The maximum atomic E-state index is 13.1. The van der Waals surface area contributed by atoms with Gasteiger partial charge in [0.2, 0.25) is 5.91 Å². The number of piperazine rings is 1. The molecular weight excluding hydrogens is 297 g/mol. The van der Waals surface area contributed by atoms with Crippen molar-refractivity contribution in [2.75, 3.05) is 19.6 Å². The number of unbranched alkanes of at least 4 members (excludes halogenated alkanes) is 3. The van der Waals surface area contributed by atoms with Crippen LogP contribution in [0.4, 0.5) is 9.18 Å². The second-order valence-corrected chi connectivity index (χ2v) is 5.73. The van der Waals surface area contributed by atoms with E-state index in [0.717, 1.165) is 25.7 Å². The van der Waals surface area contributed by atoms with Crippen LogP contribution in [0.15, 0.2) is 24.3 Å². The normalized spacial score (nSPS) is 17.7. The average molecular weight is 321 g/mol. The zero-order valence-corrected chi connectivity index (χ0v) is 13.5. The van der Waals surface area contributed by atoms with Crippen molar-refractivity contribution in [1.29, 1.82) is 0 Å². The molecule has 1 aliphatic rings. The molecule has 1 aliphatic heterocycles. The lowest BCUT2D eigenvalue weighted by Gasteiger charge is -2.35. The molecule has 5 nitrogen and oxygen atoms in total. The number of hydrogen-bond donors (Lipinski definition) is 2. The molecule has 1 atom stereocenters. The van der Waals surface area contributed by atoms with E-state index in [1.807, 2.05) is 0 Å². The van der Waals surface area contributed by atoms with Crippen LogP contribution >= 0.6 is 0 Å². The van der Waals surface area contributed by atoms with Gasteiger partial charge in [0.25, 0.3) is 0 Å². The molecule has 0 radical (unpaired) electrons. The number of carbonyl (C=O) groups excluding carboxylic acids is 2. The van der Waals surface area contributed by atoms with Crippen LogP contribution in [-0.2, 0) is 4.79 Å². The van der Waals surface area contributed by atoms with Crippen LogP contribution in [0, 0.1) is 5.82 Å².